The SMILES string of the molecule is CNCc1cc(C)nc(OCC2CCCCC2)c1. The van der Waals surface area contributed by atoms with Crippen molar-refractivity contribution in [1.82, 2.24) is 10.3 Å². The summed E-state index contributed by atoms with van der Waals surface area (Å²) in [7, 11) is 1.96. The van der Waals surface area contributed by atoms with Crippen LogP contribution in [0.1, 0.15) is 43.4 Å². The van der Waals surface area contributed by atoms with Gasteiger partial charge in [0.05, 0.1) is 6.61 Å². The van der Waals surface area contributed by atoms with E-state index in [1.54, 1.807) is 0 Å². The zero-order chi connectivity index (χ0) is 12.8. The molecule has 2 rings (SSSR count). The molecule has 1 saturated carbocycles. The van der Waals surface area contributed by atoms with Crippen LogP contribution in [-0.2, 0) is 6.54 Å². The minimum Gasteiger partial charge on any atom is -0.477 e. The third kappa shape index (κ3) is 3.98. The van der Waals surface area contributed by atoms with Gasteiger partial charge in [-0.15, -0.1) is 0 Å². The lowest BCUT2D eigenvalue weighted by Crippen LogP contribution is -2.16. The van der Waals surface area contributed by atoms with Gasteiger partial charge in [0.1, 0.15) is 0 Å². The molecule has 3 nitrogen and oxygen atoms in total. The Morgan fingerprint density at radius 2 is 2.06 bits per heavy atom. The first-order valence-electron chi connectivity index (χ1n) is 7.03. The molecule has 0 aliphatic heterocycles. The van der Waals surface area contributed by atoms with E-state index in [0.717, 1.165) is 30.6 Å². The number of aromatic nitrogens is 1. The number of nitrogens with one attached hydrogen (secondary N) is 1. The van der Waals surface area contributed by atoms with Crippen LogP contribution < -0.4 is 10.1 Å². The summed E-state index contributed by atoms with van der Waals surface area (Å²) >= 11 is 0. The Balaban J connectivity index is 1.91. The van der Waals surface area contributed by atoms with Gasteiger partial charge >= 0.3 is 0 Å². The van der Waals surface area contributed by atoms with Crippen LogP contribution in [0.2, 0.25) is 0 Å². The lowest BCUT2D eigenvalue weighted by atomic mass is 9.90. The van der Waals surface area contributed by atoms with Gasteiger partial charge in [0, 0.05) is 18.3 Å². The largest absolute Gasteiger partial charge is 0.477 e. The van der Waals surface area contributed by atoms with Crippen LogP contribution in [0.4, 0.5) is 0 Å². The number of aryl methyl sites for hydroxylation is 1. The molecule has 100 valence electrons. The van der Waals surface area contributed by atoms with Crippen molar-refractivity contribution in [3.05, 3.63) is 23.4 Å². The monoisotopic (exact) mass is 248 g/mol. The molecule has 1 heterocycles. The normalized spacial score (nSPS) is 16.8. The molecule has 0 spiro atoms. The summed E-state index contributed by atoms with van der Waals surface area (Å²) < 4.78 is 5.87. The average Bonchev–Trinajstić information content (AvgIpc) is 2.37. The highest BCUT2D eigenvalue weighted by atomic mass is 16.5. The van der Waals surface area contributed by atoms with E-state index in [1.165, 1.54) is 37.7 Å². The molecule has 0 atom stereocenters. The molecule has 1 aromatic rings. The van der Waals surface area contributed by atoms with Gasteiger partial charge in [0.25, 0.3) is 0 Å². The van der Waals surface area contributed by atoms with E-state index < -0.39 is 0 Å². The molecule has 0 radical (unpaired) electrons. The van der Waals surface area contributed by atoms with Crippen LogP contribution in [-0.4, -0.2) is 18.6 Å². The van der Waals surface area contributed by atoms with Crippen LogP contribution in [0.15, 0.2) is 12.1 Å². The Bertz CT molecular complexity index is 373. The number of pyridine rings is 1. The second-order valence-corrected chi connectivity index (χ2v) is 5.30. The van der Waals surface area contributed by atoms with Crippen LogP contribution >= 0.6 is 0 Å². The van der Waals surface area contributed by atoms with Crippen LogP contribution in [0.25, 0.3) is 0 Å². The van der Waals surface area contributed by atoms with E-state index >= 15 is 0 Å². The van der Waals surface area contributed by atoms with Crippen molar-refractivity contribution in [3.63, 3.8) is 0 Å². The van der Waals surface area contributed by atoms with Crippen molar-refractivity contribution in [2.75, 3.05) is 13.7 Å². The topological polar surface area (TPSA) is 34.2 Å². The first-order valence-corrected chi connectivity index (χ1v) is 7.03. The van der Waals surface area contributed by atoms with Crippen molar-refractivity contribution < 1.29 is 4.74 Å². The van der Waals surface area contributed by atoms with Gasteiger partial charge in [-0.05, 0) is 44.4 Å². The van der Waals surface area contributed by atoms with Crippen LogP contribution in [0, 0.1) is 12.8 Å². The van der Waals surface area contributed by atoms with E-state index in [0.29, 0.717) is 0 Å². The summed E-state index contributed by atoms with van der Waals surface area (Å²) in [6, 6.07) is 4.15. The molecule has 1 aliphatic rings. The zero-order valence-corrected chi connectivity index (χ0v) is 11.5. The van der Waals surface area contributed by atoms with Gasteiger partial charge in [-0.1, -0.05) is 19.3 Å². The van der Waals surface area contributed by atoms with Gasteiger partial charge in [-0.25, -0.2) is 4.98 Å². The maximum Gasteiger partial charge on any atom is 0.213 e. The summed E-state index contributed by atoms with van der Waals surface area (Å²) in [4.78, 5) is 4.45. The minimum atomic E-state index is 0.730. The average molecular weight is 248 g/mol. The Hall–Kier alpha value is -1.09. The van der Waals surface area contributed by atoms with E-state index in [9.17, 15) is 0 Å². The predicted octanol–water partition coefficient (Wildman–Crippen LogP) is 3.07. The molecule has 3 heteroatoms. The molecule has 0 amide bonds. The van der Waals surface area contributed by atoms with E-state index in [2.05, 4.69) is 16.4 Å². The Kier molecular flexibility index (Phi) is 5.00. The van der Waals surface area contributed by atoms with E-state index in [1.807, 2.05) is 20.0 Å². The molecule has 0 aromatic carbocycles. The Morgan fingerprint density at radius 1 is 1.28 bits per heavy atom. The van der Waals surface area contributed by atoms with Crippen LogP contribution in [0.5, 0.6) is 5.88 Å². The maximum atomic E-state index is 5.87. The van der Waals surface area contributed by atoms with Crippen molar-refractivity contribution in [2.45, 2.75) is 45.6 Å². The van der Waals surface area contributed by atoms with Crippen molar-refractivity contribution in [3.8, 4) is 5.88 Å². The minimum absolute atomic E-state index is 0.730. The summed E-state index contributed by atoms with van der Waals surface area (Å²) in [6.07, 6.45) is 6.75. The lowest BCUT2D eigenvalue weighted by molar-refractivity contribution is 0.202. The molecular weight excluding hydrogens is 224 g/mol. The number of nitrogens with zero attached hydrogens (tertiary/aromatic N) is 1. The van der Waals surface area contributed by atoms with Crippen molar-refractivity contribution >= 4 is 0 Å². The molecule has 1 aromatic heterocycles. The van der Waals surface area contributed by atoms with Crippen molar-refractivity contribution in [1.29, 1.82) is 0 Å². The second kappa shape index (κ2) is 6.74. The van der Waals surface area contributed by atoms with Gasteiger partial charge in [-0.2, -0.15) is 0 Å². The molecule has 1 fully saturated rings. The number of hydrogen-bond acceptors (Lipinski definition) is 3. The smallest absolute Gasteiger partial charge is 0.213 e. The standard InChI is InChI=1S/C15H24N2O/c1-12-8-14(10-16-2)9-15(17-12)18-11-13-6-4-3-5-7-13/h8-9,13,16H,3-7,10-11H2,1-2H3. The number of hydrogen-bond donors (Lipinski definition) is 1. The summed E-state index contributed by atoms with van der Waals surface area (Å²) in [6.45, 7) is 3.71. The molecule has 0 bridgehead atoms. The lowest BCUT2D eigenvalue weighted by Gasteiger charge is -2.21. The summed E-state index contributed by atoms with van der Waals surface area (Å²) in [5, 5.41) is 3.16. The molecule has 0 saturated heterocycles. The third-order valence-corrected chi connectivity index (χ3v) is 3.56. The highest BCUT2D eigenvalue weighted by molar-refractivity contribution is 5.24. The fourth-order valence-corrected chi connectivity index (χ4v) is 2.64. The molecule has 0 unspecified atom stereocenters. The van der Waals surface area contributed by atoms with Gasteiger partial charge in [-0.3, -0.25) is 0 Å². The Labute approximate surface area is 110 Å². The van der Waals surface area contributed by atoms with Gasteiger partial charge < -0.3 is 10.1 Å². The maximum absolute atomic E-state index is 5.87. The van der Waals surface area contributed by atoms with Crippen molar-refractivity contribution in [2.24, 2.45) is 5.92 Å². The highest BCUT2D eigenvalue weighted by Gasteiger charge is 2.14. The first kappa shape index (κ1) is 13.3. The fourth-order valence-electron chi connectivity index (χ4n) is 2.64. The summed E-state index contributed by atoms with van der Waals surface area (Å²) in [5.74, 6) is 1.51. The molecule has 1 N–H and O–H groups in total. The zero-order valence-electron chi connectivity index (χ0n) is 11.5. The third-order valence-electron chi connectivity index (χ3n) is 3.56. The quantitative estimate of drug-likeness (QED) is 0.869. The molecular formula is C15H24N2O. The van der Waals surface area contributed by atoms with Gasteiger partial charge in [0.15, 0.2) is 0 Å². The predicted molar refractivity (Wildman–Crippen MR) is 73.8 cm³/mol. The fraction of sp³-hybridized carbons (Fsp3) is 0.667. The molecule has 18 heavy (non-hydrogen) atoms. The van der Waals surface area contributed by atoms with E-state index in [4.69, 9.17) is 4.74 Å². The van der Waals surface area contributed by atoms with Gasteiger partial charge in [0.2, 0.25) is 5.88 Å². The number of ether oxygens (including phenoxy) is 1. The highest BCUT2D eigenvalue weighted by Crippen LogP contribution is 2.24. The number of rotatable bonds is 5. The molecule has 1 aliphatic carbocycles. The van der Waals surface area contributed by atoms with Crippen LogP contribution in [0.3, 0.4) is 0 Å². The first-order chi connectivity index (χ1) is 8.78. The second-order valence-electron chi connectivity index (χ2n) is 5.30. The summed E-state index contributed by atoms with van der Waals surface area (Å²) in [5.41, 5.74) is 2.27. The van der Waals surface area contributed by atoms with E-state index in [-0.39, 0.29) is 0 Å². The Morgan fingerprint density at radius 3 is 2.78 bits per heavy atom.